The lowest BCUT2D eigenvalue weighted by Crippen LogP contribution is -2.46. The molecule has 0 aromatic heterocycles. The van der Waals surface area contributed by atoms with E-state index in [9.17, 15) is 0 Å². The Morgan fingerprint density at radius 2 is 1.74 bits per heavy atom. The molecule has 0 aromatic rings. The Morgan fingerprint density at radius 3 is 2.39 bits per heavy atom. The van der Waals surface area contributed by atoms with Crippen LogP contribution in [0, 0.1) is 17.8 Å². The maximum Gasteiger partial charge on any atom is 0.191 e. The van der Waals surface area contributed by atoms with E-state index >= 15 is 0 Å². The minimum Gasteiger partial charge on any atom is -0.416 e. The summed E-state index contributed by atoms with van der Waals surface area (Å²) in [6.45, 7) is 13.8. The van der Waals surface area contributed by atoms with Crippen molar-refractivity contribution in [3.63, 3.8) is 0 Å². The average molecular weight is 341 g/mol. The molecule has 4 nitrogen and oxygen atoms in total. The molecule has 132 valence electrons. The van der Waals surface area contributed by atoms with Crippen LogP contribution in [0.15, 0.2) is 0 Å². The van der Waals surface area contributed by atoms with Crippen molar-refractivity contribution in [2.75, 3.05) is 19.8 Å². The van der Waals surface area contributed by atoms with Gasteiger partial charge in [-0.25, -0.2) is 0 Å². The third kappa shape index (κ3) is 2.73. The summed E-state index contributed by atoms with van der Waals surface area (Å²) in [7, 11) is -1.75. The Bertz CT molecular complexity index is 466. The van der Waals surface area contributed by atoms with E-state index in [4.69, 9.17) is 18.6 Å². The number of hydrogen-bond acceptors (Lipinski definition) is 4. The van der Waals surface area contributed by atoms with Crippen LogP contribution in [-0.4, -0.2) is 46.1 Å². The van der Waals surface area contributed by atoms with E-state index in [2.05, 4.69) is 33.9 Å². The Labute approximate surface area is 141 Å². The topological polar surface area (TPSA) is 40.2 Å². The first kappa shape index (κ1) is 16.5. The van der Waals surface area contributed by atoms with Gasteiger partial charge in [-0.3, -0.25) is 0 Å². The third-order valence-electron chi connectivity index (χ3n) is 7.17. The largest absolute Gasteiger partial charge is 0.416 e. The molecule has 23 heavy (non-hydrogen) atoms. The van der Waals surface area contributed by atoms with Gasteiger partial charge >= 0.3 is 0 Å². The summed E-state index contributed by atoms with van der Waals surface area (Å²) in [5, 5.41) is 0.243. The summed E-state index contributed by atoms with van der Waals surface area (Å²) >= 11 is 0. The highest BCUT2D eigenvalue weighted by Gasteiger charge is 2.62. The molecule has 2 aliphatic heterocycles. The van der Waals surface area contributed by atoms with Gasteiger partial charge < -0.3 is 18.6 Å². The van der Waals surface area contributed by atoms with Gasteiger partial charge in [-0.1, -0.05) is 20.8 Å². The molecule has 2 saturated heterocycles. The highest BCUT2D eigenvalue weighted by Crippen LogP contribution is 2.58. The van der Waals surface area contributed by atoms with E-state index in [-0.39, 0.29) is 10.8 Å². The second kappa shape index (κ2) is 5.28. The molecule has 5 heteroatoms. The highest BCUT2D eigenvalue weighted by atomic mass is 28.4. The first-order valence-electron chi connectivity index (χ1n) is 9.29. The van der Waals surface area contributed by atoms with Gasteiger partial charge in [0.2, 0.25) is 0 Å². The van der Waals surface area contributed by atoms with Crippen LogP contribution in [0.1, 0.15) is 40.0 Å². The maximum atomic E-state index is 6.60. The van der Waals surface area contributed by atoms with Gasteiger partial charge in [0, 0.05) is 18.9 Å². The van der Waals surface area contributed by atoms with Crippen LogP contribution in [-0.2, 0) is 18.6 Å². The lowest BCUT2D eigenvalue weighted by Gasteiger charge is -2.40. The quantitative estimate of drug-likeness (QED) is 0.582. The van der Waals surface area contributed by atoms with Gasteiger partial charge in [0.05, 0.1) is 25.4 Å². The Hall–Kier alpha value is 0.0569. The standard InChI is InChI=1S/C18H32O4Si/c1-17(2,3)23(4,5)21-11-14-13-9-16-15(22-16)8-12(13)10-18(14)19-6-7-20-18/h12-16H,6-11H2,1-5H3/t12-,13+,14-,15?,16?/m0/s1. The molecule has 1 spiro atoms. The van der Waals surface area contributed by atoms with Gasteiger partial charge in [0.25, 0.3) is 0 Å². The molecule has 0 N–H and O–H groups in total. The summed E-state index contributed by atoms with van der Waals surface area (Å²) in [5.74, 6) is 1.33. The van der Waals surface area contributed by atoms with Crippen molar-refractivity contribution >= 4 is 8.32 Å². The smallest absolute Gasteiger partial charge is 0.191 e. The van der Waals surface area contributed by atoms with Crippen molar-refractivity contribution in [3.8, 4) is 0 Å². The van der Waals surface area contributed by atoms with E-state index in [1.165, 1.54) is 12.8 Å². The Morgan fingerprint density at radius 1 is 1.09 bits per heavy atom. The number of epoxide rings is 1. The molecule has 0 amide bonds. The van der Waals surface area contributed by atoms with E-state index in [1.807, 2.05) is 0 Å². The van der Waals surface area contributed by atoms with E-state index in [0.29, 0.717) is 30.0 Å². The van der Waals surface area contributed by atoms with Crippen LogP contribution in [0.4, 0.5) is 0 Å². The van der Waals surface area contributed by atoms with E-state index in [0.717, 1.165) is 26.2 Å². The van der Waals surface area contributed by atoms with Gasteiger partial charge in [-0.2, -0.15) is 0 Å². The molecule has 2 unspecified atom stereocenters. The third-order valence-corrected chi connectivity index (χ3v) is 11.7. The molecule has 2 saturated carbocycles. The predicted molar refractivity (Wildman–Crippen MR) is 90.8 cm³/mol. The molecule has 4 rings (SSSR count). The van der Waals surface area contributed by atoms with Crippen LogP contribution >= 0.6 is 0 Å². The summed E-state index contributed by atoms with van der Waals surface area (Å²) in [6, 6.07) is 0. The normalized spacial score (nSPS) is 41.9. The fourth-order valence-corrected chi connectivity index (χ4v) is 5.70. The van der Waals surface area contributed by atoms with Gasteiger partial charge in [-0.15, -0.1) is 0 Å². The molecule has 0 aromatic carbocycles. The monoisotopic (exact) mass is 340 g/mol. The summed E-state index contributed by atoms with van der Waals surface area (Å²) < 4.78 is 24.8. The first-order chi connectivity index (χ1) is 10.7. The zero-order chi connectivity index (χ0) is 16.5. The lowest BCUT2D eigenvalue weighted by molar-refractivity contribution is -0.193. The number of hydrogen-bond donors (Lipinski definition) is 0. The Balaban J connectivity index is 1.51. The SMILES string of the molecule is CC(C)(C)[Si](C)(C)OC[C@H]1[C@@H]2CC3OC3C[C@H]2CC12OCCO2. The minimum atomic E-state index is -1.75. The molecular formula is C18H32O4Si. The molecule has 0 bridgehead atoms. The maximum absolute atomic E-state index is 6.60. The molecule has 2 heterocycles. The Kier molecular flexibility index (Phi) is 3.79. The molecule has 5 atom stereocenters. The average Bonchev–Trinajstić information content (AvgIpc) is 2.92. The van der Waals surface area contributed by atoms with Crippen molar-refractivity contribution in [1.29, 1.82) is 0 Å². The van der Waals surface area contributed by atoms with Crippen molar-refractivity contribution < 1.29 is 18.6 Å². The van der Waals surface area contributed by atoms with E-state index < -0.39 is 8.32 Å². The van der Waals surface area contributed by atoms with Crippen molar-refractivity contribution in [2.45, 2.75) is 76.2 Å². The molecular weight excluding hydrogens is 308 g/mol. The van der Waals surface area contributed by atoms with Crippen LogP contribution in [0.3, 0.4) is 0 Å². The first-order valence-corrected chi connectivity index (χ1v) is 12.2. The predicted octanol–water partition coefficient (Wildman–Crippen LogP) is 3.56. The fraction of sp³-hybridized carbons (Fsp3) is 1.00. The molecule has 2 aliphatic carbocycles. The molecule has 0 radical (unpaired) electrons. The number of fused-ring (bicyclic) bond motifs is 2. The number of rotatable bonds is 3. The van der Waals surface area contributed by atoms with Crippen molar-refractivity contribution in [3.05, 3.63) is 0 Å². The van der Waals surface area contributed by atoms with Crippen molar-refractivity contribution in [2.24, 2.45) is 17.8 Å². The van der Waals surface area contributed by atoms with Gasteiger partial charge in [-0.05, 0) is 42.8 Å². The van der Waals surface area contributed by atoms with Gasteiger partial charge in [0.15, 0.2) is 14.1 Å². The summed E-state index contributed by atoms with van der Waals surface area (Å²) in [4.78, 5) is 0. The second-order valence-corrected chi connectivity index (χ2v) is 14.3. The minimum absolute atomic E-state index is 0.243. The zero-order valence-corrected chi connectivity index (χ0v) is 16.3. The fourth-order valence-electron chi connectivity index (χ4n) is 4.67. The second-order valence-electron chi connectivity index (χ2n) is 9.50. The number of ether oxygens (including phenoxy) is 3. The zero-order valence-electron chi connectivity index (χ0n) is 15.3. The molecule has 4 aliphatic rings. The van der Waals surface area contributed by atoms with Crippen LogP contribution in [0.2, 0.25) is 18.1 Å². The summed E-state index contributed by atoms with van der Waals surface area (Å²) in [6.07, 6.45) is 4.43. The van der Waals surface area contributed by atoms with E-state index in [1.54, 1.807) is 0 Å². The van der Waals surface area contributed by atoms with Crippen LogP contribution in [0.25, 0.3) is 0 Å². The van der Waals surface area contributed by atoms with Gasteiger partial charge in [0.1, 0.15) is 0 Å². The van der Waals surface area contributed by atoms with Crippen molar-refractivity contribution in [1.82, 2.24) is 0 Å². The van der Waals surface area contributed by atoms with Crippen LogP contribution in [0.5, 0.6) is 0 Å². The van der Waals surface area contributed by atoms with Crippen LogP contribution < -0.4 is 0 Å². The molecule has 4 fully saturated rings. The lowest BCUT2D eigenvalue weighted by atomic mass is 9.78. The summed E-state index contributed by atoms with van der Waals surface area (Å²) in [5.41, 5.74) is 0. The highest BCUT2D eigenvalue weighted by molar-refractivity contribution is 6.74.